The number of nitrogens with zero attached hydrogens (tertiary/aromatic N) is 2. The van der Waals surface area contributed by atoms with Gasteiger partial charge in [0.1, 0.15) is 5.82 Å². The Balaban J connectivity index is 1.84. The Labute approximate surface area is 134 Å². The summed E-state index contributed by atoms with van der Waals surface area (Å²) in [5.74, 6) is 1.01. The van der Waals surface area contributed by atoms with Crippen molar-refractivity contribution in [2.75, 3.05) is 11.1 Å². The molecule has 0 aliphatic heterocycles. The van der Waals surface area contributed by atoms with Crippen LogP contribution in [0.15, 0.2) is 71.2 Å². The number of nitrogens with one attached hydrogen (secondary N) is 2. The third-order valence-electron chi connectivity index (χ3n) is 3.58. The molecular weight excluding hydrogens is 288 g/mol. The quantitative estimate of drug-likeness (QED) is 0.699. The zero-order chi connectivity index (χ0) is 16.4. The van der Waals surface area contributed by atoms with Crippen LogP contribution in [0.25, 0.3) is 10.9 Å². The average Bonchev–Trinajstić information content (AvgIpc) is 2.90. The molecule has 1 aliphatic carbocycles. The summed E-state index contributed by atoms with van der Waals surface area (Å²) in [6, 6.07) is 5.71. The first-order valence-electron chi connectivity index (χ1n) is 7.14. The van der Waals surface area contributed by atoms with Gasteiger partial charge in [-0.25, -0.2) is 4.99 Å². The van der Waals surface area contributed by atoms with E-state index < -0.39 is 0 Å². The molecule has 1 aromatic carbocycles. The second kappa shape index (κ2) is 5.84. The number of fused-ring (bicyclic) bond motifs is 1. The van der Waals surface area contributed by atoms with E-state index in [4.69, 9.17) is 11.5 Å². The van der Waals surface area contributed by atoms with Crippen molar-refractivity contribution in [3.63, 3.8) is 0 Å². The van der Waals surface area contributed by atoms with Gasteiger partial charge in [-0.15, -0.1) is 0 Å². The zero-order valence-corrected chi connectivity index (χ0v) is 12.8. The first-order chi connectivity index (χ1) is 11.1. The fourth-order valence-electron chi connectivity index (χ4n) is 2.42. The van der Waals surface area contributed by atoms with Crippen molar-refractivity contribution >= 4 is 28.1 Å². The van der Waals surface area contributed by atoms with Crippen molar-refractivity contribution in [2.45, 2.75) is 6.92 Å². The molecule has 0 radical (unpaired) electrons. The standard InChI is InChI=1S/C17H18N6/c1-10-4-3-5-12(9-18)16(10)21-11(2)20-13-6-7-14-15(8-13)22-23-17(14)19/h3-9,20H,2,18H2,1H3,(H3,19,22,23)/b12-9-,21-16-. The number of rotatable bonds is 3. The topological polar surface area (TPSA) is 105 Å². The van der Waals surface area contributed by atoms with Gasteiger partial charge in [-0.05, 0) is 30.7 Å². The molecule has 23 heavy (non-hydrogen) atoms. The van der Waals surface area contributed by atoms with Crippen molar-refractivity contribution in [1.29, 1.82) is 0 Å². The fourth-order valence-corrected chi connectivity index (χ4v) is 2.42. The van der Waals surface area contributed by atoms with Crippen LogP contribution in [-0.2, 0) is 0 Å². The minimum atomic E-state index is 0.484. The van der Waals surface area contributed by atoms with Gasteiger partial charge in [0, 0.05) is 22.8 Å². The summed E-state index contributed by atoms with van der Waals surface area (Å²) in [4.78, 5) is 4.54. The predicted octanol–water partition coefficient (Wildman–Crippen LogP) is 2.83. The largest absolute Gasteiger partial charge is 0.404 e. The number of anilines is 2. The van der Waals surface area contributed by atoms with E-state index in [0.717, 1.165) is 33.4 Å². The summed E-state index contributed by atoms with van der Waals surface area (Å²) < 4.78 is 0. The van der Waals surface area contributed by atoms with Gasteiger partial charge >= 0.3 is 0 Å². The SMILES string of the molecule is C=C(/N=C1/C(C)=CC=C/C1=C/N)Nc1ccc2c(N)n[nH]c2c1. The number of nitrogen functional groups attached to an aromatic ring is 1. The maximum Gasteiger partial charge on any atom is 0.153 e. The molecule has 6 N–H and O–H groups in total. The van der Waals surface area contributed by atoms with Crippen LogP contribution in [0.1, 0.15) is 6.92 Å². The van der Waals surface area contributed by atoms with Gasteiger partial charge in [-0.3, -0.25) is 5.10 Å². The molecule has 0 saturated carbocycles. The number of aromatic amines is 1. The Hall–Kier alpha value is -3.28. The Bertz CT molecular complexity index is 895. The van der Waals surface area contributed by atoms with Crippen molar-refractivity contribution in [2.24, 2.45) is 10.7 Å². The maximum atomic E-state index is 5.76. The molecule has 6 heteroatoms. The highest BCUT2D eigenvalue weighted by Gasteiger charge is 2.10. The molecule has 0 fully saturated rings. The summed E-state index contributed by atoms with van der Waals surface area (Å²) in [5, 5.41) is 10.9. The van der Waals surface area contributed by atoms with Crippen LogP contribution in [0.2, 0.25) is 0 Å². The highest BCUT2D eigenvalue weighted by molar-refractivity contribution is 6.15. The van der Waals surface area contributed by atoms with E-state index in [1.54, 1.807) is 6.20 Å². The van der Waals surface area contributed by atoms with Crippen LogP contribution in [0.4, 0.5) is 11.5 Å². The fraction of sp³-hybridized carbons (Fsp3) is 0.0588. The minimum Gasteiger partial charge on any atom is -0.404 e. The molecule has 0 bridgehead atoms. The lowest BCUT2D eigenvalue weighted by atomic mass is 9.99. The van der Waals surface area contributed by atoms with Crippen molar-refractivity contribution in [3.8, 4) is 0 Å². The minimum absolute atomic E-state index is 0.484. The molecule has 0 amide bonds. The van der Waals surface area contributed by atoms with Crippen LogP contribution < -0.4 is 16.8 Å². The molecule has 0 atom stereocenters. The molecule has 0 unspecified atom stereocenters. The number of aromatic nitrogens is 2. The van der Waals surface area contributed by atoms with Gasteiger partial charge < -0.3 is 16.8 Å². The molecule has 2 aromatic rings. The maximum absolute atomic E-state index is 5.76. The third-order valence-corrected chi connectivity index (χ3v) is 3.58. The normalized spacial score (nSPS) is 17.7. The molecule has 1 aromatic heterocycles. The van der Waals surface area contributed by atoms with E-state index in [1.165, 1.54) is 0 Å². The Kier molecular flexibility index (Phi) is 3.72. The summed E-state index contributed by atoms with van der Waals surface area (Å²) in [6.45, 7) is 5.95. The first kappa shape index (κ1) is 14.6. The second-order valence-electron chi connectivity index (χ2n) is 5.23. The van der Waals surface area contributed by atoms with Crippen molar-refractivity contribution < 1.29 is 0 Å². The molecule has 1 aliphatic rings. The molecule has 0 spiro atoms. The van der Waals surface area contributed by atoms with E-state index in [9.17, 15) is 0 Å². The van der Waals surface area contributed by atoms with Gasteiger partial charge in [0.2, 0.25) is 0 Å². The second-order valence-corrected chi connectivity index (χ2v) is 5.23. The van der Waals surface area contributed by atoms with Crippen molar-refractivity contribution in [3.05, 3.63) is 66.2 Å². The predicted molar refractivity (Wildman–Crippen MR) is 95.9 cm³/mol. The van der Waals surface area contributed by atoms with Crippen LogP contribution in [0, 0.1) is 0 Å². The van der Waals surface area contributed by atoms with Gasteiger partial charge in [0.25, 0.3) is 0 Å². The van der Waals surface area contributed by atoms with E-state index in [2.05, 4.69) is 27.1 Å². The van der Waals surface area contributed by atoms with E-state index in [0.29, 0.717) is 11.6 Å². The number of H-pyrrole nitrogens is 1. The average molecular weight is 306 g/mol. The molecule has 116 valence electrons. The highest BCUT2D eigenvalue weighted by Crippen LogP contribution is 2.23. The number of hydrogen-bond donors (Lipinski definition) is 4. The zero-order valence-electron chi connectivity index (χ0n) is 12.8. The van der Waals surface area contributed by atoms with Crippen LogP contribution in [0.3, 0.4) is 0 Å². The van der Waals surface area contributed by atoms with Crippen LogP contribution >= 0.6 is 0 Å². The monoisotopic (exact) mass is 306 g/mol. The number of nitrogens with two attached hydrogens (primary N) is 2. The van der Waals surface area contributed by atoms with E-state index >= 15 is 0 Å². The van der Waals surface area contributed by atoms with Gasteiger partial charge in [0.15, 0.2) is 5.82 Å². The number of benzene rings is 1. The van der Waals surface area contributed by atoms with Crippen LogP contribution in [0.5, 0.6) is 0 Å². The van der Waals surface area contributed by atoms with E-state index in [-0.39, 0.29) is 0 Å². The Morgan fingerprint density at radius 1 is 1.43 bits per heavy atom. The molecule has 0 saturated heterocycles. The number of hydrogen-bond acceptors (Lipinski definition) is 5. The summed E-state index contributed by atoms with van der Waals surface area (Å²) >= 11 is 0. The molecule has 6 nitrogen and oxygen atoms in total. The summed E-state index contributed by atoms with van der Waals surface area (Å²) in [6.07, 6.45) is 7.38. The van der Waals surface area contributed by atoms with E-state index in [1.807, 2.05) is 43.4 Å². The first-order valence-corrected chi connectivity index (χ1v) is 7.14. The number of aliphatic imine (C=N–C) groups is 1. The third kappa shape index (κ3) is 2.87. The lowest BCUT2D eigenvalue weighted by Gasteiger charge is -2.13. The summed E-state index contributed by atoms with van der Waals surface area (Å²) in [5.41, 5.74) is 15.8. The van der Waals surface area contributed by atoms with Crippen molar-refractivity contribution in [1.82, 2.24) is 10.2 Å². The smallest absolute Gasteiger partial charge is 0.153 e. The highest BCUT2D eigenvalue weighted by atomic mass is 15.2. The Morgan fingerprint density at radius 2 is 2.26 bits per heavy atom. The number of allylic oxidation sites excluding steroid dienone is 5. The Morgan fingerprint density at radius 3 is 3.04 bits per heavy atom. The lowest BCUT2D eigenvalue weighted by Crippen LogP contribution is -2.10. The summed E-state index contributed by atoms with van der Waals surface area (Å²) in [7, 11) is 0. The van der Waals surface area contributed by atoms with Gasteiger partial charge in [-0.1, -0.05) is 24.8 Å². The molecular formula is C17H18N6. The lowest BCUT2D eigenvalue weighted by molar-refractivity contribution is 1.13. The van der Waals surface area contributed by atoms with Gasteiger partial charge in [-0.2, -0.15) is 5.10 Å². The molecule has 3 rings (SSSR count). The molecule has 1 heterocycles. The van der Waals surface area contributed by atoms with Crippen LogP contribution in [-0.4, -0.2) is 15.9 Å². The van der Waals surface area contributed by atoms with Gasteiger partial charge in [0.05, 0.1) is 11.2 Å².